The van der Waals surface area contributed by atoms with Crippen LogP contribution in [0.3, 0.4) is 0 Å². The van der Waals surface area contributed by atoms with E-state index in [0.29, 0.717) is 24.9 Å². The Hall–Kier alpha value is -2.29. The molecule has 2 fully saturated rings. The predicted molar refractivity (Wildman–Crippen MR) is 121 cm³/mol. The van der Waals surface area contributed by atoms with Gasteiger partial charge in [0.25, 0.3) is 0 Å². The number of likely N-dealkylation sites (tertiary alicyclic amines) is 1. The number of benzene rings is 1. The van der Waals surface area contributed by atoms with Gasteiger partial charge in [0, 0.05) is 19.6 Å². The van der Waals surface area contributed by atoms with E-state index in [1.165, 1.54) is 32.1 Å². The fourth-order valence-electron chi connectivity index (χ4n) is 4.96. The Morgan fingerprint density at radius 3 is 2.38 bits per heavy atom. The molecule has 2 aliphatic rings. The number of amides is 2. The summed E-state index contributed by atoms with van der Waals surface area (Å²) < 4.78 is 0. The van der Waals surface area contributed by atoms with Crippen molar-refractivity contribution < 1.29 is 19.5 Å². The highest BCUT2D eigenvalue weighted by atomic mass is 16.4. The highest BCUT2D eigenvalue weighted by molar-refractivity contribution is 5.99. The Bertz CT molecular complexity index is 790. The van der Waals surface area contributed by atoms with Gasteiger partial charge in [0.15, 0.2) is 0 Å². The number of carbonyl (C=O) groups excluding carboxylic acids is 2. The Balaban J connectivity index is 1.65. The van der Waals surface area contributed by atoms with Crippen LogP contribution in [0.5, 0.6) is 0 Å². The van der Waals surface area contributed by atoms with Gasteiger partial charge in [-0.05, 0) is 36.3 Å². The number of imide groups is 1. The van der Waals surface area contributed by atoms with Crippen LogP contribution in [0.25, 0.3) is 0 Å². The van der Waals surface area contributed by atoms with Crippen LogP contribution in [-0.4, -0.2) is 53.0 Å². The molecule has 2 amide bonds. The molecule has 176 valence electrons. The Labute approximate surface area is 189 Å². The van der Waals surface area contributed by atoms with Crippen molar-refractivity contribution >= 4 is 17.8 Å². The number of hydrogen-bond acceptors (Lipinski definition) is 6. The second-order valence-corrected chi connectivity index (χ2v) is 9.30. The molecule has 1 unspecified atom stereocenters. The first-order chi connectivity index (χ1) is 15.3. The SMILES string of the molecule is C[C@H](N)C(=O)NC(=O)[C@@H]1CC(C2CCCCC2)CN1Cc1ccc(CNCC(=O)O)cc1. The van der Waals surface area contributed by atoms with Gasteiger partial charge in [0.1, 0.15) is 0 Å². The first kappa shape index (κ1) is 24.4. The summed E-state index contributed by atoms with van der Waals surface area (Å²) in [6.07, 6.45) is 7.05. The van der Waals surface area contributed by atoms with Gasteiger partial charge in [-0.15, -0.1) is 0 Å². The minimum atomic E-state index is -0.880. The maximum atomic E-state index is 12.9. The van der Waals surface area contributed by atoms with Gasteiger partial charge in [-0.2, -0.15) is 0 Å². The quantitative estimate of drug-likeness (QED) is 0.456. The van der Waals surface area contributed by atoms with Gasteiger partial charge in [0.2, 0.25) is 11.8 Å². The molecule has 5 N–H and O–H groups in total. The van der Waals surface area contributed by atoms with Gasteiger partial charge >= 0.3 is 5.97 Å². The first-order valence-corrected chi connectivity index (χ1v) is 11.7. The molecule has 1 saturated carbocycles. The number of carboxylic acids is 1. The third-order valence-electron chi connectivity index (χ3n) is 6.73. The lowest BCUT2D eigenvalue weighted by atomic mass is 9.79. The molecule has 0 radical (unpaired) electrons. The molecule has 1 heterocycles. The molecule has 8 heteroatoms. The summed E-state index contributed by atoms with van der Waals surface area (Å²) in [4.78, 5) is 37.8. The van der Waals surface area contributed by atoms with E-state index in [9.17, 15) is 14.4 Å². The van der Waals surface area contributed by atoms with Gasteiger partial charge in [-0.1, -0.05) is 56.4 Å². The van der Waals surface area contributed by atoms with Crippen molar-refractivity contribution in [1.82, 2.24) is 15.5 Å². The summed E-state index contributed by atoms with van der Waals surface area (Å²) in [5, 5.41) is 14.1. The van der Waals surface area contributed by atoms with Crippen LogP contribution in [0.15, 0.2) is 24.3 Å². The van der Waals surface area contributed by atoms with E-state index in [2.05, 4.69) is 15.5 Å². The second kappa shape index (κ2) is 11.5. The van der Waals surface area contributed by atoms with Crippen LogP contribution in [0.4, 0.5) is 0 Å². The van der Waals surface area contributed by atoms with Crippen molar-refractivity contribution in [3.63, 3.8) is 0 Å². The molecule has 0 spiro atoms. The molecule has 1 aromatic rings. The summed E-state index contributed by atoms with van der Waals surface area (Å²) in [5.41, 5.74) is 7.73. The van der Waals surface area contributed by atoms with Crippen molar-refractivity contribution in [3.05, 3.63) is 35.4 Å². The molecule has 0 aromatic heterocycles. The number of nitrogens with zero attached hydrogens (tertiary/aromatic N) is 1. The number of hydrogen-bond donors (Lipinski definition) is 4. The zero-order valence-corrected chi connectivity index (χ0v) is 18.9. The fraction of sp³-hybridized carbons (Fsp3) is 0.625. The minimum Gasteiger partial charge on any atom is -0.480 e. The third kappa shape index (κ3) is 6.85. The topological polar surface area (TPSA) is 125 Å². The second-order valence-electron chi connectivity index (χ2n) is 9.30. The van der Waals surface area contributed by atoms with Crippen molar-refractivity contribution in [3.8, 4) is 0 Å². The van der Waals surface area contributed by atoms with E-state index in [1.54, 1.807) is 6.92 Å². The molecule has 1 saturated heterocycles. The fourth-order valence-corrected chi connectivity index (χ4v) is 4.96. The maximum Gasteiger partial charge on any atom is 0.317 e. The molecule has 8 nitrogen and oxygen atoms in total. The smallest absolute Gasteiger partial charge is 0.317 e. The number of nitrogens with one attached hydrogen (secondary N) is 2. The molecule has 32 heavy (non-hydrogen) atoms. The van der Waals surface area contributed by atoms with Gasteiger partial charge in [0.05, 0.1) is 18.6 Å². The molecule has 1 aliphatic carbocycles. The monoisotopic (exact) mass is 444 g/mol. The average molecular weight is 445 g/mol. The predicted octanol–water partition coefficient (Wildman–Crippen LogP) is 1.62. The largest absolute Gasteiger partial charge is 0.480 e. The van der Waals surface area contributed by atoms with Crippen molar-refractivity contribution in [2.75, 3.05) is 13.1 Å². The number of carboxylic acid groups (broad SMARTS) is 1. The van der Waals surface area contributed by atoms with Gasteiger partial charge < -0.3 is 16.2 Å². The van der Waals surface area contributed by atoms with Crippen molar-refractivity contribution in [1.29, 1.82) is 0 Å². The molecule has 1 aromatic carbocycles. The number of nitrogens with two attached hydrogens (primary N) is 1. The highest BCUT2D eigenvalue weighted by Gasteiger charge is 2.40. The van der Waals surface area contributed by atoms with Crippen molar-refractivity contribution in [2.24, 2.45) is 17.6 Å². The standard InChI is InChI=1S/C24H36N4O4/c1-16(25)23(31)27-24(32)21-11-20(19-5-3-2-4-6-19)15-28(21)14-18-9-7-17(8-10-18)12-26-13-22(29)30/h7-10,16,19-21,26H,2-6,11-15,25H2,1H3,(H,29,30)(H,27,31,32)/t16-,20?,21-/m0/s1. The Kier molecular flexibility index (Phi) is 8.78. The summed E-state index contributed by atoms with van der Waals surface area (Å²) in [6, 6.07) is 6.95. The molecule has 0 bridgehead atoms. The Morgan fingerprint density at radius 1 is 1.09 bits per heavy atom. The van der Waals surface area contributed by atoms with E-state index in [1.807, 2.05) is 24.3 Å². The van der Waals surface area contributed by atoms with Crippen molar-refractivity contribution in [2.45, 2.75) is 70.6 Å². The van der Waals surface area contributed by atoms with E-state index in [0.717, 1.165) is 24.1 Å². The van der Waals surface area contributed by atoms with Crippen LogP contribution in [-0.2, 0) is 27.5 Å². The number of aliphatic carboxylic acids is 1. The van der Waals surface area contributed by atoms with Crippen LogP contribution in [0, 0.1) is 11.8 Å². The van der Waals surface area contributed by atoms with Gasteiger partial charge in [-0.25, -0.2) is 0 Å². The summed E-state index contributed by atoms with van der Waals surface area (Å²) in [6.45, 7) is 3.49. The van der Waals surface area contributed by atoms with Crippen LogP contribution >= 0.6 is 0 Å². The van der Waals surface area contributed by atoms with Crippen LogP contribution < -0.4 is 16.4 Å². The minimum absolute atomic E-state index is 0.0744. The number of carbonyl (C=O) groups is 3. The Morgan fingerprint density at radius 2 is 1.75 bits per heavy atom. The zero-order chi connectivity index (χ0) is 23.1. The molecule has 1 aliphatic heterocycles. The van der Waals surface area contributed by atoms with Crippen LogP contribution in [0.2, 0.25) is 0 Å². The van der Waals surface area contributed by atoms with E-state index < -0.39 is 17.9 Å². The lowest BCUT2D eigenvalue weighted by molar-refractivity contribution is -0.136. The highest BCUT2D eigenvalue weighted by Crippen LogP contribution is 2.38. The zero-order valence-electron chi connectivity index (χ0n) is 18.9. The molecular formula is C24H36N4O4. The lowest BCUT2D eigenvalue weighted by Gasteiger charge is -2.27. The molecular weight excluding hydrogens is 408 g/mol. The molecule has 3 atom stereocenters. The summed E-state index contributed by atoms with van der Waals surface area (Å²) in [7, 11) is 0. The lowest BCUT2D eigenvalue weighted by Crippen LogP contribution is -2.49. The van der Waals surface area contributed by atoms with E-state index >= 15 is 0 Å². The number of rotatable bonds is 9. The van der Waals surface area contributed by atoms with Crippen LogP contribution in [0.1, 0.15) is 56.6 Å². The average Bonchev–Trinajstić information content (AvgIpc) is 3.19. The summed E-state index contributed by atoms with van der Waals surface area (Å²) >= 11 is 0. The van der Waals surface area contributed by atoms with Gasteiger partial charge in [-0.3, -0.25) is 24.6 Å². The maximum absolute atomic E-state index is 12.9. The summed E-state index contributed by atoms with van der Waals surface area (Å²) in [5.74, 6) is -0.448. The van der Waals surface area contributed by atoms with E-state index in [-0.39, 0.29) is 18.5 Å². The third-order valence-corrected chi connectivity index (χ3v) is 6.73. The normalized spacial score (nSPS) is 23.1. The van der Waals surface area contributed by atoms with E-state index in [4.69, 9.17) is 10.8 Å². The molecule has 3 rings (SSSR count). The first-order valence-electron chi connectivity index (χ1n) is 11.7.